The van der Waals surface area contributed by atoms with E-state index < -0.39 is 17.7 Å². The fourth-order valence-corrected chi connectivity index (χ4v) is 4.25. The molecule has 2 aromatic carbocycles. The van der Waals surface area contributed by atoms with E-state index in [1.165, 1.54) is 4.90 Å². The van der Waals surface area contributed by atoms with Crippen molar-refractivity contribution >= 4 is 17.4 Å². The maximum atomic E-state index is 13.3. The number of ether oxygens (including phenoxy) is 2. The highest BCUT2D eigenvalue weighted by Crippen LogP contribution is 2.41. The zero-order valence-electron chi connectivity index (χ0n) is 20.3. The van der Waals surface area contributed by atoms with Crippen molar-refractivity contribution in [3.8, 4) is 11.5 Å². The van der Waals surface area contributed by atoms with E-state index in [4.69, 9.17) is 9.47 Å². The average molecular weight is 485 g/mol. The van der Waals surface area contributed by atoms with Crippen LogP contribution in [0.5, 0.6) is 11.5 Å². The number of amides is 1. The zero-order valence-corrected chi connectivity index (χ0v) is 20.3. The molecule has 4 rings (SSSR count). The Kier molecular flexibility index (Phi) is 7.49. The summed E-state index contributed by atoms with van der Waals surface area (Å²) in [5, 5.41) is 11.3. The molecule has 184 valence electrons. The van der Waals surface area contributed by atoms with Crippen LogP contribution in [0.3, 0.4) is 0 Å². The minimum absolute atomic E-state index is 0.0345. The van der Waals surface area contributed by atoms with Crippen LogP contribution in [0, 0.1) is 6.92 Å². The molecule has 36 heavy (non-hydrogen) atoms. The van der Waals surface area contributed by atoms with Gasteiger partial charge in [0.15, 0.2) is 0 Å². The van der Waals surface area contributed by atoms with E-state index in [9.17, 15) is 14.7 Å². The summed E-state index contributed by atoms with van der Waals surface area (Å²) >= 11 is 0. The second-order valence-corrected chi connectivity index (χ2v) is 8.37. The summed E-state index contributed by atoms with van der Waals surface area (Å²) in [6, 6.07) is 15.1. The van der Waals surface area contributed by atoms with Crippen molar-refractivity contribution in [1.82, 2.24) is 9.88 Å². The van der Waals surface area contributed by atoms with Gasteiger partial charge in [0.05, 0.1) is 18.2 Å². The number of Topliss-reactive ketones (excluding diaryl/α,β-unsaturated/α-hetero) is 1. The molecule has 1 unspecified atom stereocenters. The summed E-state index contributed by atoms with van der Waals surface area (Å²) in [5.41, 5.74) is 2.73. The molecule has 0 spiro atoms. The molecule has 0 radical (unpaired) electrons. The molecule has 0 aliphatic carbocycles. The number of hydrogen-bond acceptors (Lipinski definition) is 6. The Morgan fingerprint density at radius 3 is 2.56 bits per heavy atom. The Morgan fingerprint density at radius 2 is 1.92 bits per heavy atom. The van der Waals surface area contributed by atoms with Gasteiger partial charge in [0.25, 0.3) is 11.7 Å². The molecule has 7 heteroatoms. The van der Waals surface area contributed by atoms with E-state index in [-0.39, 0.29) is 17.9 Å². The minimum atomic E-state index is -0.787. The molecular formula is C29H28N2O5. The summed E-state index contributed by atoms with van der Waals surface area (Å²) in [4.78, 5) is 32.1. The van der Waals surface area contributed by atoms with E-state index >= 15 is 0 Å². The number of pyridine rings is 1. The van der Waals surface area contributed by atoms with Gasteiger partial charge in [-0.15, -0.1) is 0 Å². The maximum Gasteiger partial charge on any atom is 0.295 e. The highest BCUT2D eigenvalue weighted by atomic mass is 16.5. The lowest BCUT2D eigenvalue weighted by molar-refractivity contribution is -0.140. The van der Waals surface area contributed by atoms with E-state index in [1.807, 2.05) is 19.9 Å². The number of carbonyl (C=O) groups is 2. The van der Waals surface area contributed by atoms with Crippen molar-refractivity contribution in [3.05, 3.63) is 107 Å². The first kappa shape index (κ1) is 24.7. The Balaban J connectivity index is 1.80. The summed E-state index contributed by atoms with van der Waals surface area (Å²) in [5.74, 6) is -0.326. The molecule has 0 saturated carbocycles. The van der Waals surface area contributed by atoms with Gasteiger partial charge >= 0.3 is 0 Å². The number of rotatable bonds is 9. The number of nitrogens with zero attached hydrogens (tertiary/aromatic N) is 2. The van der Waals surface area contributed by atoms with Gasteiger partial charge in [-0.05, 0) is 66.9 Å². The van der Waals surface area contributed by atoms with Gasteiger partial charge < -0.3 is 19.5 Å². The molecule has 7 nitrogen and oxygen atoms in total. The number of hydrogen-bond donors (Lipinski definition) is 1. The number of aryl methyl sites for hydroxylation is 1. The Hall–Kier alpha value is -4.39. The highest BCUT2D eigenvalue weighted by Gasteiger charge is 2.46. The molecule has 1 atom stereocenters. The normalized spacial score (nSPS) is 16.7. The topological polar surface area (TPSA) is 89.0 Å². The summed E-state index contributed by atoms with van der Waals surface area (Å²) in [6.07, 6.45) is 4.94. The maximum absolute atomic E-state index is 13.3. The van der Waals surface area contributed by atoms with Crippen LogP contribution in [0.4, 0.5) is 0 Å². The molecule has 0 bridgehead atoms. The lowest BCUT2D eigenvalue weighted by atomic mass is 9.94. The third-order valence-corrected chi connectivity index (χ3v) is 5.93. The Morgan fingerprint density at radius 1 is 1.14 bits per heavy atom. The van der Waals surface area contributed by atoms with E-state index in [0.29, 0.717) is 35.8 Å². The van der Waals surface area contributed by atoms with Crippen molar-refractivity contribution in [2.75, 3.05) is 13.2 Å². The molecule has 1 aliphatic heterocycles. The van der Waals surface area contributed by atoms with Crippen LogP contribution in [0.15, 0.2) is 85.2 Å². The number of aliphatic hydroxyl groups excluding tert-OH is 1. The van der Waals surface area contributed by atoms with Crippen molar-refractivity contribution in [1.29, 1.82) is 0 Å². The predicted molar refractivity (Wildman–Crippen MR) is 137 cm³/mol. The lowest BCUT2D eigenvalue weighted by Gasteiger charge is -2.25. The highest BCUT2D eigenvalue weighted by molar-refractivity contribution is 6.46. The number of ketones is 1. The Labute approximate surface area is 210 Å². The third-order valence-electron chi connectivity index (χ3n) is 5.93. The van der Waals surface area contributed by atoms with E-state index in [2.05, 4.69) is 11.6 Å². The second-order valence-electron chi connectivity index (χ2n) is 8.37. The van der Waals surface area contributed by atoms with Crippen molar-refractivity contribution in [2.24, 2.45) is 0 Å². The average Bonchev–Trinajstić information content (AvgIpc) is 3.14. The van der Waals surface area contributed by atoms with Crippen LogP contribution in [-0.2, 0) is 16.1 Å². The molecule has 1 N–H and O–H groups in total. The summed E-state index contributed by atoms with van der Waals surface area (Å²) in [6.45, 7) is 8.44. The first-order valence-corrected chi connectivity index (χ1v) is 11.7. The van der Waals surface area contributed by atoms with Gasteiger partial charge in [-0.1, -0.05) is 30.9 Å². The molecule has 1 fully saturated rings. The third kappa shape index (κ3) is 5.00. The lowest BCUT2D eigenvalue weighted by Crippen LogP contribution is -2.29. The molecule has 1 saturated heterocycles. The fraction of sp³-hybridized carbons (Fsp3) is 0.207. The fourth-order valence-electron chi connectivity index (χ4n) is 4.25. The van der Waals surface area contributed by atoms with Crippen LogP contribution >= 0.6 is 0 Å². The van der Waals surface area contributed by atoms with Crippen LogP contribution in [0.25, 0.3) is 5.76 Å². The van der Waals surface area contributed by atoms with Gasteiger partial charge in [0.1, 0.15) is 23.9 Å². The monoisotopic (exact) mass is 484 g/mol. The SMILES string of the molecule is C=CCOc1ccc(C2C(=C(O)c3ccc(OCC)c(C)c3)C(=O)C(=O)N2Cc2cccnc2)cc1. The largest absolute Gasteiger partial charge is 0.507 e. The van der Waals surface area contributed by atoms with Crippen LogP contribution in [0.1, 0.15) is 35.2 Å². The van der Waals surface area contributed by atoms with Gasteiger partial charge in [-0.25, -0.2) is 0 Å². The van der Waals surface area contributed by atoms with Crippen molar-refractivity contribution in [2.45, 2.75) is 26.4 Å². The second kappa shape index (κ2) is 10.9. The van der Waals surface area contributed by atoms with E-state index in [1.54, 1.807) is 67.0 Å². The van der Waals surface area contributed by atoms with Crippen LogP contribution < -0.4 is 9.47 Å². The number of aromatic nitrogens is 1. The zero-order chi connectivity index (χ0) is 25.7. The molecular weight excluding hydrogens is 456 g/mol. The summed E-state index contributed by atoms with van der Waals surface area (Å²) in [7, 11) is 0. The van der Waals surface area contributed by atoms with Crippen LogP contribution in [0.2, 0.25) is 0 Å². The van der Waals surface area contributed by atoms with E-state index in [0.717, 1.165) is 11.1 Å². The quantitative estimate of drug-likeness (QED) is 0.200. The molecule has 2 heterocycles. The molecule has 3 aromatic rings. The smallest absolute Gasteiger partial charge is 0.295 e. The molecule has 1 aromatic heterocycles. The number of benzene rings is 2. The van der Waals surface area contributed by atoms with Crippen molar-refractivity contribution in [3.63, 3.8) is 0 Å². The summed E-state index contributed by atoms with van der Waals surface area (Å²) < 4.78 is 11.2. The first-order valence-electron chi connectivity index (χ1n) is 11.7. The number of carbonyl (C=O) groups excluding carboxylic acids is 2. The van der Waals surface area contributed by atoms with Gasteiger partial charge in [-0.3, -0.25) is 14.6 Å². The van der Waals surface area contributed by atoms with Gasteiger partial charge in [0, 0.05) is 24.5 Å². The Bertz CT molecular complexity index is 1300. The van der Waals surface area contributed by atoms with Gasteiger partial charge in [0.2, 0.25) is 0 Å². The first-order chi connectivity index (χ1) is 17.4. The van der Waals surface area contributed by atoms with Gasteiger partial charge in [-0.2, -0.15) is 0 Å². The number of aliphatic hydroxyl groups is 1. The van der Waals surface area contributed by atoms with Crippen LogP contribution in [-0.4, -0.2) is 39.9 Å². The number of likely N-dealkylation sites (tertiary alicyclic amines) is 1. The predicted octanol–water partition coefficient (Wildman–Crippen LogP) is 4.98. The minimum Gasteiger partial charge on any atom is -0.507 e. The molecule has 1 amide bonds. The van der Waals surface area contributed by atoms with Crippen molar-refractivity contribution < 1.29 is 24.2 Å². The standard InChI is InChI=1S/C29H28N2O5/c1-4-15-36-23-11-8-21(9-12-23)26-25(27(32)22-10-13-24(35-5-2)19(3)16-22)28(33)29(34)31(26)18-20-7-6-14-30-17-20/h4,6-14,16-17,26,32H,1,5,15,18H2,2-3H3. The molecule has 1 aliphatic rings.